The van der Waals surface area contributed by atoms with Crippen LogP contribution in [0.1, 0.15) is 29.6 Å². The third-order valence-corrected chi connectivity index (χ3v) is 6.80. The standard InChI is InChI=1S/C21H25FN2O4S/c1-23(14-15-28-20-11-4-3-10-19(20)22)21(25)17-8-7-9-18(16-17)29(26,27)24-12-5-2-6-13-24/h3-4,7-11,16H,2,5-6,12-15H2,1H3. The summed E-state index contributed by atoms with van der Waals surface area (Å²) in [5.74, 6) is -0.655. The third kappa shape index (κ3) is 5.13. The summed E-state index contributed by atoms with van der Waals surface area (Å²) in [6.07, 6.45) is 2.73. The molecule has 0 saturated carbocycles. The van der Waals surface area contributed by atoms with Crippen molar-refractivity contribution in [1.29, 1.82) is 0 Å². The van der Waals surface area contributed by atoms with Crippen molar-refractivity contribution in [1.82, 2.24) is 9.21 Å². The zero-order valence-electron chi connectivity index (χ0n) is 16.4. The fraction of sp³-hybridized carbons (Fsp3) is 0.381. The molecular formula is C21H25FN2O4S. The lowest BCUT2D eigenvalue weighted by Gasteiger charge is -2.26. The Labute approximate surface area is 170 Å². The Kier molecular flexibility index (Phi) is 6.87. The summed E-state index contributed by atoms with van der Waals surface area (Å²) in [5, 5.41) is 0. The number of sulfonamides is 1. The summed E-state index contributed by atoms with van der Waals surface area (Å²) >= 11 is 0. The zero-order valence-corrected chi connectivity index (χ0v) is 17.2. The Morgan fingerprint density at radius 3 is 2.55 bits per heavy atom. The number of halogens is 1. The van der Waals surface area contributed by atoms with Crippen molar-refractivity contribution in [2.75, 3.05) is 33.3 Å². The highest BCUT2D eigenvalue weighted by Crippen LogP contribution is 2.22. The first kappa shape index (κ1) is 21.3. The number of rotatable bonds is 7. The average molecular weight is 421 g/mol. The molecule has 0 N–H and O–H groups in total. The number of nitrogens with zero attached hydrogens (tertiary/aromatic N) is 2. The van der Waals surface area contributed by atoms with Crippen LogP contribution in [-0.4, -0.2) is 56.8 Å². The monoisotopic (exact) mass is 420 g/mol. The van der Waals surface area contributed by atoms with Gasteiger partial charge in [0.1, 0.15) is 6.61 Å². The number of carbonyl (C=O) groups excluding carboxylic acids is 1. The first-order valence-corrected chi connectivity index (χ1v) is 11.1. The molecule has 1 aliphatic heterocycles. The summed E-state index contributed by atoms with van der Waals surface area (Å²) in [4.78, 5) is 14.2. The summed E-state index contributed by atoms with van der Waals surface area (Å²) in [6, 6.07) is 12.2. The lowest BCUT2D eigenvalue weighted by Crippen LogP contribution is -2.36. The highest BCUT2D eigenvalue weighted by atomic mass is 32.2. The lowest BCUT2D eigenvalue weighted by atomic mass is 10.2. The van der Waals surface area contributed by atoms with Crippen LogP contribution in [0.15, 0.2) is 53.4 Å². The Morgan fingerprint density at radius 1 is 1.10 bits per heavy atom. The van der Waals surface area contributed by atoms with E-state index in [2.05, 4.69) is 0 Å². The fourth-order valence-corrected chi connectivity index (χ4v) is 4.78. The van der Waals surface area contributed by atoms with Gasteiger partial charge in [-0.3, -0.25) is 4.79 Å². The largest absolute Gasteiger partial charge is 0.489 e. The molecule has 8 heteroatoms. The minimum absolute atomic E-state index is 0.120. The maximum atomic E-state index is 13.6. The number of benzene rings is 2. The summed E-state index contributed by atoms with van der Waals surface area (Å²) in [7, 11) is -2.01. The van der Waals surface area contributed by atoms with E-state index in [4.69, 9.17) is 4.74 Å². The maximum absolute atomic E-state index is 13.6. The predicted octanol–water partition coefficient (Wildman–Crippen LogP) is 3.15. The van der Waals surface area contributed by atoms with Crippen molar-refractivity contribution in [2.24, 2.45) is 0 Å². The van der Waals surface area contributed by atoms with Crippen molar-refractivity contribution in [2.45, 2.75) is 24.2 Å². The number of amides is 1. The second-order valence-corrected chi connectivity index (χ2v) is 8.94. The van der Waals surface area contributed by atoms with Crippen LogP contribution >= 0.6 is 0 Å². The number of piperidine rings is 1. The molecule has 0 unspecified atom stereocenters. The molecule has 0 radical (unpaired) electrons. The first-order valence-electron chi connectivity index (χ1n) is 9.62. The van der Waals surface area contributed by atoms with Gasteiger partial charge in [0, 0.05) is 25.7 Å². The second-order valence-electron chi connectivity index (χ2n) is 7.00. The number of ether oxygens (including phenoxy) is 1. The van der Waals surface area contributed by atoms with Gasteiger partial charge < -0.3 is 9.64 Å². The van der Waals surface area contributed by atoms with E-state index >= 15 is 0 Å². The van der Waals surface area contributed by atoms with Gasteiger partial charge in [0.25, 0.3) is 5.91 Å². The van der Waals surface area contributed by atoms with E-state index in [-0.39, 0.29) is 35.3 Å². The number of likely N-dealkylation sites (N-methyl/N-ethyl adjacent to an activating group) is 1. The molecule has 1 aliphatic rings. The van der Waals surface area contributed by atoms with E-state index in [1.54, 1.807) is 31.3 Å². The van der Waals surface area contributed by atoms with Gasteiger partial charge in [-0.1, -0.05) is 24.6 Å². The maximum Gasteiger partial charge on any atom is 0.253 e. The average Bonchev–Trinajstić information content (AvgIpc) is 2.75. The van der Waals surface area contributed by atoms with Crippen LogP contribution in [0, 0.1) is 5.82 Å². The van der Waals surface area contributed by atoms with Crippen LogP contribution < -0.4 is 4.74 Å². The van der Waals surface area contributed by atoms with E-state index in [0.29, 0.717) is 13.1 Å². The molecule has 1 heterocycles. The molecule has 156 valence electrons. The van der Waals surface area contributed by atoms with E-state index in [0.717, 1.165) is 19.3 Å². The first-order chi connectivity index (χ1) is 13.9. The molecule has 0 bridgehead atoms. The Morgan fingerprint density at radius 2 is 1.83 bits per heavy atom. The van der Waals surface area contributed by atoms with Crippen LogP contribution in [-0.2, 0) is 10.0 Å². The molecule has 3 rings (SSSR count). The van der Waals surface area contributed by atoms with Crippen LogP contribution in [0.25, 0.3) is 0 Å². The minimum atomic E-state index is -3.61. The van der Waals surface area contributed by atoms with Crippen molar-refractivity contribution in [3.63, 3.8) is 0 Å². The molecule has 2 aromatic rings. The molecule has 6 nitrogen and oxygen atoms in total. The quantitative estimate of drug-likeness (QED) is 0.690. The van der Waals surface area contributed by atoms with Crippen LogP contribution in [0.4, 0.5) is 4.39 Å². The molecule has 1 amide bonds. The highest BCUT2D eigenvalue weighted by molar-refractivity contribution is 7.89. The van der Waals surface area contributed by atoms with Gasteiger partial charge in [0.2, 0.25) is 10.0 Å². The van der Waals surface area contributed by atoms with Crippen molar-refractivity contribution in [3.05, 3.63) is 59.9 Å². The van der Waals surface area contributed by atoms with Gasteiger partial charge in [-0.2, -0.15) is 4.31 Å². The van der Waals surface area contributed by atoms with Gasteiger partial charge in [-0.15, -0.1) is 0 Å². The van der Waals surface area contributed by atoms with E-state index < -0.39 is 15.8 Å². The lowest BCUT2D eigenvalue weighted by molar-refractivity contribution is 0.0772. The molecular weight excluding hydrogens is 395 g/mol. The third-order valence-electron chi connectivity index (χ3n) is 4.90. The Balaban J connectivity index is 1.64. The normalized spacial score (nSPS) is 15.1. The summed E-state index contributed by atoms with van der Waals surface area (Å²) in [5.41, 5.74) is 0.288. The summed E-state index contributed by atoms with van der Waals surface area (Å²) in [6.45, 7) is 1.37. The van der Waals surface area contributed by atoms with Gasteiger partial charge >= 0.3 is 0 Å². The smallest absolute Gasteiger partial charge is 0.253 e. The van der Waals surface area contributed by atoms with Gasteiger partial charge in [-0.25, -0.2) is 12.8 Å². The minimum Gasteiger partial charge on any atom is -0.489 e. The second kappa shape index (κ2) is 9.37. The van der Waals surface area contributed by atoms with Crippen molar-refractivity contribution in [3.8, 4) is 5.75 Å². The van der Waals surface area contributed by atoms with E-state index in [1.807, 2.05) is 0 Å². The van der Waals surface area contributed by atoms with Crippen LogP contribution in [0.3, 0.4) is 0 Å². The number of hydrogen-bond acceptors (Lipinski definition) is 4. The number of carbonyl (C=O) groups is 1. The van der Waals surface area contributed by atoms with Crippen molar-refractivity contribution < 1.29 is 22.3 Å². The SMILES string of the molecule is CN(CCOc1ccccc1F)C(=O)c1cccc(S(=O)(=O)N2CCCCC2)c1. The Bertz CT molecular complexity index is 959. The predicted molar refractivity (Wildman–Crippen MR) is 108 cm³/mol. The van der Waals surface area contributed by atoms with Crippen molar-refractivity contribution >= 4 is 15.9 Å². The topological polar surface area (TPSA) is 66.9 Å². The molecule has 0 aromatic heterocycles. The zero-order chi connectivity index (χ0) is 20.9. The fourth-order valence-electron chi connectivity index (χ4n) is 3.22. The number of hydrogen-bond donors (Lipinski definition) is 0. The molecule has 1 fully saturated rings. The molecule has 0 aliphatic carbocycles. The van der Waals surface area contributed by atoms with Gasteiger partial charge in [-0.05, 0) is 43.2 Å². The van der Waals surface area contributed by atoms with E-state index in [1.165, 1.54) is 33.5 Å². The molecule has 1 saturated heterocycles. The van der Waals surface area contributed by atoms with Crippen LogP contribution in [0.5, 0.6) is 5.75 Å². The van der Waals surface area contributed by atoms with Gasteiger partial charge in [0.15, 0.2) is 11.6 Å². The molecule has 0 spiro atoms. The number of para-hydroxylation sites is 1. The van der Waals surface area contributed by atoms with E-state index in [9.17, 15) is 17.6 Å². The summed E-state index contributed by atoms with van der Waals surface area (Å²) < 4.78 is 46.1. The molecule has 2 aromatic carbocycles. The molecule has 0 atom stereocenters. The van der Waals surface area contributed by atoms with Crippen LogP contribution in [0.2, 0.25) is 0 Å². The molecule has 29 heavy (non-hydrogen) atoms. The van der Waals surface area contributed by atoms with Gasteiger partial charge in [0.05, 0.1) is 11.4 Å². The Hall–Kier alpha value is -2.45. The highest BCUT2D eigenvalue weighted by Gasteiger charge is 2.26.